The zero-order chi connectivity index (χ0) is 4.28. The van der Waals surface area contributed by atoms with Gasteiger partial charge < -0.3 is 0 Å². The van der Waals surface area contributed by atoms with E-state index >= 15 is 0 Å². The van der Waals surface area contributed by atoms with Crippen LogP contribution in [0.5, 0.6) is 0 Å². The predicted molar refractivity (Wildman–Crippen MR) is 33.2 cm³/mol. The molecule has 0 aromatic heterocycles. The molecule has 0 bridgehead atoms. The van der Waals surface area contributed by atoms with E-state index < -0.39 is 0 Å². The lowest BCUT2D eigenvalue weighted by molar-refractivity contribution is 1.10. The van der Waals surface area contributed by atoms with Gasteiger partial charge >= 0.3 is 0 Å². The molecule has 0 aliphatic heterocycles. The third kappa shape index (κ3) is 4.57. The zero-order valence-corrected chi connectivity index (χ0v) is 6.63. The topological polar surface area (TPSA) is 0 Å². The molecule has 0 spiro atoms. The first-order valence-electron chi connectivity index (χ1n) is 1.88. The Hall–Kier alpha value is 0.567. The van der Waals surface area contributed by atoms with Crippen molar-refractivity contribution in [3.8, 4) is 0 Å². The third-order valence-electron chi connectivity index (χ3n) is 0.365. The minimum atomic E-state index is 0.887. The fourth-order valence-electron chi connectivity index (χ4n) is 0. The molecule has 0 aromatic carbocycles. The summed E-state index contributed by atoms with van der Waals surface area (Å²) in [6.07, 6.45) is 0. The van der Waals surface area contributed by atoms with Gasteiger partial charge in [0.2, 0.25) is 0 Å². The van der Waals surface area contributed by atoms with Crippen LogP contribution < -0.4 is 0 Å². The molecule has 0 aromatic rings. The Bertz CT molecular complexity index is 20.9. The van der Waals surface area contributed by atoms with Gasteiger partial charge in [-0.25, -0.2) is 0 Å². The van der Waals surface area contributed by atoms with Crippen LogP contribution in [0.2, 0.25) is 5.54 Å². The van der Waals surface area contributed by atoms with Crippen LogP contribution in [0.15, 0.2) is 0 Å². The summed E-state index contributed by atoms with van der Waals surface area (Å²) >= 11 is 4.05. The molecule has 0 aliphatic rings. The summed E-state index contributed by atoms with van der Waals surface area (Å²) in [6.45, 7) is 2.21. The molecule has 0 heterocycles. The molecule has 0 rings (SSSR count). The van der Waals surface area contributed by atoms with Crippen LogP contribution in [-0.2, 0) is 0 Å². The van der Waals surface area contributed by atoms with Crippen LogP contribution in [0.25, 0.3) is 0 Å². The van der Waals surface area contributed by atoms with E-state index in [1.807, 2.05) is 0 Å². The Kier molecular flexibility index (Phi) is 3.10. The van der Waals surface area contributed by atoms with E-state index in [4.69, 9.17) is 0 Å². The van der Waals surface area contributed by atoms with E-state index in [-0.39, 0.29) is 0 Å². The van der Waals surface area contributed by atoms with Crippen LogP contribution in [-0.4, -0.2) is 16.0 Å². The van der Waals surface area contributed by atoms with Crippen LogP contribution >= 0.6 is 12.6 Å². The van der Waals surface area contributed by atoms with Gasteiger partial charge in [0.05, 0.1) is 0 Å². The Morgan fingerprint density at radius 1 is 2.00 bits per heavy atom. The van der Waals surface area contributed by atoms with Crippen molar-refractivity contribution in [2.24, 2.45) is 0 Å². The van der Waals surface area contributed by atoms with Crippen molar-refractivity contribution in [2.75, 3.05) is 5.75 Å². The van der Waals surface area contributed by atoms with Gasteiger partial charge in [-0.1, -0.05) is 6.92 Å². The number of thiol groups is 1. The number of rotatable bonds is 1. The molecule has 0 aliphatic carbocycles. The maximum Gasteiger partial charge on any atom is 0.00741 e. The van der Waals surface area contributed by atoms with Gasteiger partial charge in [-0.2, -0.15) is 12.6 Å². The van der Waals surface area contributed by atoms with E-state index in [2.05, 4.69) is 19.6 Å². The monoisotopic (exact) mass is 106 g/mol. The summed E-state index contributed by atoms with van der Waals surface area (Å²) in [4.78, 5) is 0. The molecule has 0 radical (unpaired) electrons. The van der Waals surface area contributed by atoms with E-state index in [1.165, 1.54) is 10.2 Å². The third-order valence-corrected chi connectivity index (χ3v) is 2.19. The van der Waals surface area contributed by atoms with Crippen molar-refractivity contribution >= 4 is 22.9 Å². The minimum Gasteiger partial charge on any atom is -0.179 e. The second kappa shape index (κ2) is 2.79. The summed E-state index contributed by atoms with van der Waals surface area (Å²) in [5.41, 5.74) is 0.887. The standard InChI is InChI=1S/C3H10SSi/c1-3(5)2-4/h3-4H,2H2,1,5H3. The summed E-state index contributed by atoms with van der Waals surface area (Å²) in [5, 5.41) is 0. The van der Waals surface area contributed by atoms with E-state index in [9.17, 15) is 0 Å². The summed E-state index contributed by atoms with van der Waals surface area (Å²) < 4.78 is 0. The number of hydrogen-bond donors (Lipinski definition) is 1. The van der Waals surface area contributed by atoms with Crippen molar-refractivity contribution in [3.05, 3.63) is 0 Å². The van der Waals surface area contributed by atoms with E-state index in [0.717, 1.165) is 11.3 Å². The van der Waals surface area contributed by atoms with Crippen LogP contribution in [0.4, 0.5) is 0 Å². The molecule has 0 saturated carbocycles. The highest BCUT2D eigenvalue weighted by molar-refractivity contribution is 7.80. The van der Waals surface area contributed by atoms with Crippen LogP contribution in [0.3, 0.4) is 0 Å². The zero-order valence-electron chi connectivity index (χ0n) is 3.73. The average Bonchev–Trinajstić information content (AvgIpc) is 1.38. The maximum atomic E-state index is 4.05. The molecule has 5 heavy (non-hydrogen) atoms. The molecule has 2 heteroatoms. The summed E-state index contributed by atoms with van der Waals surface area (Å²) in [7, 11) is 1.29. The highest BCUT2D eigenvalue weighted by atomic mass is 32.1. The predicted octanol–water partition coefficient (Wildman–Crippen LogP) is 0.0900. The van der Waals surface area contributed by atoms with E-state index in [0.29, 0.717) is 0 Å². The average molecular weight is 106 g/mol. The Labute approximate surface area is 41.8 Å². The van der Waals surface area contributed by atoms with Gasteiger partial charge in [0, 0.05) is 10.2 Å². The van der Waals surface area contributed by atoms with Crippen molar-refractivity contribution in [2.45, 2.75) is 12.5 Å². The van der Waals surface area contributed by atoms with Gasteiger partial charge in [-0.3, -0.25) is 0 Å². The van der Waals surface area contributed by atoms with Gasteiger partial charge in [0.15, 0.2) is 0 Å². The van der Waals surface area contributed by atoms with Gasteiger partial charge in [-0.15, -0.1) is 0 Å². The molecule has 1 unspecified atom stereocenters. The Balaban J connectivity index is 2.54. The first-order valence-corrected chi connectivity index (χ1v) is 3.67. The van der Waals surface area contributed by atoms with E-state index in [1.54, 1.807) is 0 Å². The molecule has 32 valence electrons. The van der Waals surface area contributed by atoms with Crippen LogP contribution in [0, 0.1) is 0 Å². The van der Waals surface area contributed by atoms with Gasteiger partial charge in [-0.05, 0) is 11.3 Å². The fourth-order valence-corrected chi connectivity index (χ4v) is 0. The first-order chi connectivity index (χ1) is 2.27. The SMILES string of the molecule is CC([SiH3])CS. The second-order valence-corrected chi connectivity index (χ2v) is 3.91. The van der Waals surface area contributed by atoms with Gasteiger partial charge in [0.25, 0.3) is 0 Å². The molecule has 0 nitrogen and oxygen atoms in total. The normalized spacial score (nSPS) is 15.6. The number of hydrogen-bond acceptors (Lipinski definition) is 1. The molecule has 0 saturated heterocycles. The summed E-state index contributed by atoms with van der Waals surface area (Å²) in [6, 6.07) is 0. The lowest BCUT2D eigenvalue weighted by Gasteiger charge is -1.89. The van der Waals surface area contributed by atoms with Gasteiger partial charge in [0.1, 0.15) is 0 Å². The molecule has 0 fully saturated rings. The van der Waals surface area contributed by atoms with Crippen molar-refractivity contribution in [1.82, 2.24) is 0 Å². The molecule has 1 atom stereocenters. The fraction of sp³-hybridized carbons (Fsp3) is 1.00. The van der Waals surface area contributed by atoms with Crippen molar-refractivity contribution in [1.29, 1.82) is 0 Å². The molecular weight excluding hydrogens is 96.2 g/mol. The highest BCUT2D eigenvalue weighted by Gasteiger charge is 1.81. The smallest absolute Gasteiger partial charge is 0.00741 e. The Morgan fingerprint density at radius 3 is 2.20 bits per heavy atom. The largest absolute Gasteiger partial charge is 0.179 e. The lowest BCUT2D eigenvalue weighted by atomic mass is 10.6. The quantitative estimate of drug-likeness (QED) is 0.355. The van der Waals surface area contributed by atoms with Crippen LogP contribution in [0.1, 0.15) is 6.92 Å². The minimum absolute atomic E-state index is 0.887. The Morgan fingerprint density at radius 2 is 2.20 bits per heavy atom. The summed E-state index contributed by atoms with van der Waals surface area (Å²) in [5.74, 6) is 1.06. The van der Waals surface area contributed by atoms with Crippen molar-refractivity contribution < 1.29 is 0 Å². The second-order valence-electron chi connectivity index (χ2n) is 1.58. The highest BCUT2D eigenvalue weighted by Crippen LogP contribution is 1.94. The van der Waals surface area contributed by atoms with Crippen molar-refractivity contribution in [3.63, 3.8) is 0 Å². The molecule has 0 amide bonds. The first kappa shape index (κ1) is 5.57. The lowest BCUT2D eigenvalue weighted by Crippen LogP contribution is -1.82. The maximum absolute atomic E-state index is 4.05. The molecular formula is C3H10SSi. The molecule has 0 N–H and O–H groups in total.